The maximum atomic E-state index is 13.5. The summed E-state index contributed by atoms with van der Waals surface area (Å²) in [6.07, 6.45) is -13.3. The standard InChI is InChI=1S/C17H14F6N4O4/c18-16(19,20)8-6-9(24)12-13-26-27-14(31-13)15(30,17(21,22)23)5-4-7(28)2-1-3-10(29)11(8)25-12/h6,30H,1-5,24H2. The van der Waals surface area contributed by atoms with Crippen molar-refractivity contribution in [1.82, 2.24) is 15.2 Å². The van der Waals surface area contributed by atoms with Gasteiger partial charge in [0, 0.05) is 25.7 Å². The lowest BCUT2D eigenvalue weighted by molar-refractivity contribution is -0.276. The number of nitrogens with zero attached hydrogens (tertiary/aromatic N) is 3. The van der Waals surface area contributed by atoms with Gasteiger partial charge in [0.25, 0.3) is 11.8 Å². The Morgan fingerprint density at radius 2 is 1.71 bits per heavy atom. The SMILES string of the molecule is Nc1cc(C(F)(F)F)c2nc1-c1nnc(o1)C(O)(C(F)(F)F)CCC(=O)CCCC2=O. The molecule has 3 rings (SSSR count). The zero-order chi connectivity index (χ0) is 23.2. The number of carbonyl (C=O) groups excluding carboxylic acids is 2. The number of pyridine rings is 1. The summed E-state index contributed by atoms with van der Waals surface area (Å²) >= 11 is 0. The molecule has 0 aliphatic carbocycles. The van der Waals surface area contributed by atoms with Gasteiger partial charge in [-0.1, -0.05) is 0 Å². The smallest absolute Gasteiger partial charge is 0.416 e. The minimum Gasteiger partial charge on any atom is -0.416 e. The van der Waals surface area contributed by atoms with E-state index in [0.29, 0.717) is 6.07 Å². The number of anilines is 1. The van der Waals surface area contributed by atoms with Crippen LogP contribution in [0.25, 0.3) is 11.6 Å². The Labute approximate surface area is 169 Å². The summed E-state index contributed by atoms with van der Waals surface area (Å²) in [4.78, 5) is 27.8. The second kappa shape index (κ2) is 7.59. The van der Waals surface area contributed by atoms with E-state index in [9.17, 15) is 41.0 Å². The number of hydrogen-bond acceptors (Lipinski definition) is 8. The fourth-order valence-electron chi connectivity index (χ4n) is 2.99. The number of hydrogen-bond donors (Lipinski definition) is 2. The second-order valence-electron chi connectivity index (χ2n) is 6.91. The number of Topliss-reactive ketones (excluding diaryl/α,β-unsaturated/α-hetero) is 2. The van der Waals surface area contributed by atoms with Crippen molar-refractivity contribution < 1.29 is 45.5 Å². The van der Waals surface area contributed by atoms with Crippen LogP contribution < -0.4 is 5.73 Å². The zero-order valence-electron chi connectivity index (χ0n) is 15.5. The summed E-state index contributed by atoms with van der Waals surface area (Å²) in [5.74, 6) is -3.96. The lowest BCUT2D eigenvalue weighted by Gasteiger charge is -2.26. The van der Waals surface area contributed by atoms with Gasteiger partial charge in [0.1, 0.15) is 11.5 Å². The van der Waals surface area contributed by atoms with E-state index < -0.39 is 89.6 Å². The van der Waals surface area contributed by atoms with Crippen molar-refractivity contribution in [1.29, 1.82) is 0 Å². The minimum atomic E-state index is -5.31. The van der Waals surface area contributed by atoms with Crippen molar-refractivity contribution in [2.24, 2.45) is 0 Å². The number of carbonyl (C=O) groups is 2. The van der Waals surface area contributed by atoms with Gasteiger partial charge in [-0.3, -0.25) is 9.59 Å². The van der Waals surface area contributed by atoms with Crippen LogP contribution in [-0.2, 0) is 16.6 Å². The predicted octanol–water partition coefficient (Wildman–Crippen LogP) is 3.20. The Hall–Kier alpha value is -3.03. The molecule has 168 valence electrons. The van der Waals surface area contributed by atoms with Crippen molar-refractivity contribution >= 4 is 17.3 Å². The first-order valence-corrected chi connectivity index (χ1v) is 8.80. The highest BCUT2D eigenvalue weighted by atomic mass is 19.4. The molecule has 2 aromatic rings. The van der Waals surface area contributed by atoms with Crippen LogP contribution in [0, 0.1) is 0 Å². The van der Waals surface area contributed by atoms with Crippen molar-refractivity contribution in [2.45, 2.75) is 50.1 Å². The van der Waals surface area contributed by atoms with Crippen molar-refractivity contribution in [3.63, 3.8) is 0 Å². The number of aromatic nitrogens is 3. The minimum absolute atomic E-state index is 0.223. The number of nitrogens with two attached hydrogens (primary N) is 1. The van der Waals surface area contributed by atoms with E-state index >= 15 is 0 Å². The molecule has 0 saturated carbocycles. The Morgan fingerprint density at radius 3 is 2.32 bits per heavy atom. The molecule has 14 heteroatoms. The zero-order valence-corrected chi connectivity index (χ0v) is 15.5. The van der Waals surface area contributed by atoms with Gasteiger partial charge in [-0.15, -0.1) is 10.2 Å². The fraction of sp³-hybridized carbons (Fsp3) is 0.471. The summed E-state index contributed by atoms with van der Waals surface area (Å²) in [6, 6.07) is 0.381. The van der Waals surface area contributed by atoms with Gasteiger partial charge in [-0.25, -0.2) is 4.98 Å². The first-order valence-electron chi connectivity index (χ1n) is 8.80. The van der Waals surface area contributed by atoms with Crippen LogP contribution in [-0.4, -0.2) is 38.0 Å². The predicted molar refractivity (Wildman–Crippen MR) is 89.3 cm³/mol. The molecule has 31 heavy (non-hydrogen) atoms. The van der Waals surface area contributed by atoms with E-state index in [4.69, 9.17) is 10.2 Å². The van der Waals surface area contributed by atoms with Gasteiger partial charge < -0.3 is 15.3 Å². The molecule has 1 aliphatic rings. The second-order valence-corrected chi connectivity index (χ2v) is 6.91. The van der Waals surface area contributed by atoms with E-state index in [0.717, 1.165) is 0 Å². The molecule has 1 unspecified atom stereocenters. The largest absolute Gasteiger partial charge is 0.426 e. The fourth-order valence-corrected chi connectivity index (χ4v) is 2.99. The van der Waals surface area contributed by atoms with E-state index in [1.54, 1.807) is 0 Å². The van der Waals surface area contributed by atoms with Gasteiger partial charge >= 0.3 is 12.4 Å². The molecule has 2 aromatic heterocycles. The van der Waals surface area contributed by atoms with Gasteiger partial charge in [0.2, 0.25) is 5.60 Å². The van der Waals surface area contributed by atoms with E-state index in [1.807, 2.05) is 0 Å². The number of halogens is 6. The van der Waals surface area contributed by atoms with Gasteiger partial charge in [0.15, 0.2) is 11.5 Å². The first-order chi connectivity index (χ1) is 14.2. The van der Waals surface area contributed by atoms with Crippen LogP contribution in [0.4, 0.5) is 32.0 Å². The summed E-state index contributed by atoms with van der Waals surface area (Å²) in [6.45, 7) is 0. The van der Waals surface area contributed by atoms with E-state index in [-0.39, 0.29) is 6.42 Å². The topological polar surface area (TPSA) is 132 Å². The molecule has 1 aliphatic heterocycles. The highest BCUT2D eigenvalue weighted by molar-refractivity contribution is 5.97. The van der Waals surface area contributed by atoms with Crippen LogP contribution in [0.5, 0.6) is 0 Å². The summed E-state index contributed by atoms with van der Waals surface area (Å²) in [5, 5.41) is 16.6. The number of fused-ring (bicyclic) bond motifs is 5. The molecular weight excluding hydrogens is 438 g/mol. The van der Waals surface area contributed by atoms with Crippen molar-refractivity contribution in [2.75, 3.05) is 5.73 Å². The molecule has 8 nitrogen and oxygen atoms in total. The number of rotatable bonds is 0. The summed E-state index contributed by atoms with van der Waals surface area (Å²) < 4.78 is 85.5. The monoisotopic (exact) mass is 452 g/mol. The Bertz CT molecular complexity index is 1030. The van der Waals surface area contributed by atoms with E-state index in [1.165, 1.54) is 0 Å². The molecule has 0 saturated heterocycles. The van der Waals surface area contributed by atoms with Crippen LogP contribution in [0.15, 0.2) is 10.5 Å². The normalized spacial score (nSPS) is 21.1. The van der Waals surface area contributed by atoms with Crippen LogP contribution >= 0.6 is 0 Å². The summed E-state index contributed by atoms with van der Waals surface area (Å²) in [7, 11) is 0. The van der Waals surface area contributed by atoms with Crippen LogP contribution in [0.2, 0.25) is 0 Å². The van der Waals surface area contributed by atoms with Gasteiger partial charge in [-0.05, 0) is 12.5 Å². The highest BCUT2D eigenvalue weighted by Crippen LogP contribution is 2.43. The Kier molecular flexibility index (Phi) is 5.54. The number of ketones is 2. The van der Waals surface area contributed by atoms with Gasteiger partial charge in [-0.2, -0.15) is 26.3 Å². The maximum absolute atomic E-state index is 13.5. The molecule has 0 spiro atoms. The summed E-state index contributed by atoms with van der Waals surface area (Å²) in [5.41, 5.74) is -1.96. The van der Waals surface area contributed by atoms with Gasteiger partial charge in [0.05, 0.1) is 11.3 Å². The third-order valence-electron chi connectivity index (χ3n) is 4.70. The lowest BCUT2D eigenvalue weighted by atomic mass is 9.93. The van der Waals surface area contributed by atoms with Crippen molar-refractivity contribution in [3.05, 3.63) is 23.2 Å². The average Bonchev–Trinajstić information content (AvgIpc) is 3.13. The van der Waals surface area contributed by atoms with E-state index in [2.05, 4.69) is 15.2 Å². The molecule has 0 radical (unpaired) electrons. The number of nitrogen functional groups attached to an aromatic ring is 1. The molecule has 4 bridgehead atoms. The first kappa shape index (κ1) is 22.7. The molecule has 0 amide bonds. The molecule has 3 heterocycles. The van der Waals surface area contributed by atoms with Crippen LogP contribution in [0.1, 0.15) is 54.0 Å². The Morgan fingerprint density at radius 1 is 1.03 bits per heavy atom. The third-order valence-corrected chi connectivity index (χ3v) is 4.70. The third kappa shape index (κ3) is 4.24. The average molecular weight is 452 g/mol. The molecular formula is C17H14F6N4O4. The molecule has 3 N–H and O–H groups in total. The lowest BCUT2D eigenvalue weighted by Crippen LogP contribution is -2.43. The molecule has 0 aromatic carbocycles. The highest BCUT2D eigenvalue weighted by Gasteiger charge is 2.59. The van der Waals surface area contributed by atoms with Crippen LogP contribution in [0.3, 0.4) is 0 Å². The molecule has 1 atom stereocenters. The molecule has 0 fully saturated rings. The van der Waals surface area contributed by atoms with Crippen molar-refractivity contribution in [3.8, 4) is 11.6 Å². The number of alkyl halides is 6. The quantitative estimate of drug-likeness (QED) is 0.583. The number of aliphatic hydroxyl groups is 1. The maximum Gasteiger partial charge on any atom is 0.426 e. The Balaban J connectivity index is 2.23.